The molecule has 0 saturated carbocycles. The number of rotatable bonds is 7. The first-order chi connectivity index (χ1) is 10.6. The van der Waals surface area contributed by atoms with Gasteiger partial charge in [-0.2, -0.15) is 4.98 Å². The Morgan fingerprint density at radius 3 is 2.64 bits per heavy atom. The van der Waals surface area contributed by atoms with Crippen LogP contribution in [0.25, 0.3) is 0 Å². The number of aryl methyl sites for hydroxylation is 1. The van der Waals surface area contributed by atoms with Gasteiger partial charge in [0.15, 0.2) is 6.61 Å². The van der Waals surface area contributed by atoms with Crippen molar-refractivity contribution in [3.05, 3.63) is 47.2 Å². The number of carbonyl (C=O) groups is 1. The first-order valence-corrected chi connectivity index (χ1v) is 7.10. The van der Waals surface area contributed by atoms with E-state index in [4.69, 9.17) is 9.84 Å². The summed E-state index contributed by atoms with van der Waals surface area (Å²) in [6, 6.07) is 9.89. The van der Waals surface area contributed by atoms with Crippen LogP contribution in [0.15, 0.2) is 30.3 Å². The van der Waals surface area contributed by atoms with Crippen molar-refractivity contribution in [1.29, 1.82) is 0 Å². The summed E-state index contributed by atoms with van der Waals surface area (Å²) in [7, 11) is 0. The zero-order valence-corrected chi connectivity index (χ0v) is 12.7. The molecule has 0 radical (unpaired) electrons. The van der Waals surface area contributed by atoms with Gasteiger partial charge >= 0.3 is 5.97 Å². The number of aliphatic carboxylic acids is 1. The minimum atomic E-state index is -1.03. The SMILES string of the molecule is CCc1nc(NCc2ccccc2)nc(OCC(=O)O)c1C. The Kier molecular flexibility index (Phi) is 5.30. The molecular formula is C16H19N3O3. The summed E-state index contributed by atoms with van der Waals surface area (Å²) < 4.78 is 5.24. The van der Waals surface area contributed by atoms with Crippen LogP contribution < -0.4 is 10.1 Å². The molecule has 0 saturated heterocycles. The molecule has 0 aliphatic heterocycles. The molecule has 1 aromatic carbocycles. The third-order valence-electron chi connectivity index (χ3n) is 3.16. The zero-order valence-electron chi connectivity index (χ0n) is 12.7. The average molecular weight is 301 g/mol. The van der Waals surface area contributed by atoms with E-state index in [1.165, 1.54) is 0 Å². The third-order valence-corrected chi connectivity index (χ3v) is 3.16. The highest BCUT2D eigenvalue weighted by Crippen LogP contribution is 2.20. The first kappa shape index (κ1) is 15.8. The zero-order chi connectivity index (χ0) is 15.9. The summed E-state index contributed by atoms with van der Waals surface area (Å²) in [4.78, 5) is 19.4. The fourth-order valence-electron chi connectivity index (χ4n) is 2.01. The van der Waals surface area contributed by atoms with Gasteiger partial charge in [0.05, 0.1) is 5.69 Å². The molecule has 2 rings (SSSR count). The van der Waals surface area contributed by atoms with E-state index in [-0.39, 0.29) is 0 Å². The highest BCUT2D eigenvalue weighted by atomic mass is 16.5. The molecule has 2 N–H and O–H groups in total. The number of anilines is 1. The van der Waals surface area contributed by atoms with Crippen molar-refractivity contribution in [2.24, 2.45) is 0 Å². The largest absolute Gasteiger partial charge is 0.479 e. The van der Waals surface area contributed by atoms with Crippen molar-refractivity contribution in [2.45, 2.75) is 26.8 Å². The van der Waals surface area contributed by atoms with E-state index in [2.05, 4.69) is 15.3 Å². The lowest BCUT2D eigenvalue weighted by molar-refractivity contribution is -0.139. The second kappa shape index (κ2) is 7.40. The van der Waals surface area contributed by atoms with Crippen molar-refractivity contribution in [1.82, 2.24) is 9.97 Å². The maximum Gasteiger partial charge on any atom is 0.341 e. The van der Waals surface area contributed by atoms with E-state index in [0.717, 1.165) is 23.2 Å². The lowest BCUT2D eigenvalue weighted by Gasteiger charge is -2.12. The molecule has 116 valence electrons. The fourth-order valence-corrected chi connectivity index (χ4v) is 2.01. The molecule has 0 amide bonds. The molecular weight excluding hydrogens is 282 g/mol. The minimum Gasteiger partial charge on any atom is -0.479 e. The number of ether oxygens (including phenoxy) is 1. The van der Waals surface area contributed by atoms with Crippen LogP contribution in [0, 0.1) is 6.92 Å². The van der Waals surface area contributed by atoms with Crippen LogP contribution >= 0.6 is 0 Å². The van der Waals surface area contributed by atoms with Gasteiger partial charge in [-0.3, -0.25) is 0 Å². The summed E-state index contributed by atoms with van der Waals surface area (Å²) in [5.74, 6) is -0.286. The molecule has 1 aromatic heterocycles. The quantitative estimate of drug-likeness (QED) is 0.817. The lowest BCUT2D eigenvalue weighted by atomic mass is 10.2. The molecule has 0 bridgehead atoms. The number of carboxylic acid groups (broad SMARTS) is 1. The van der Waals surface area contributed by atoms with Gasteiger partial charge in [0, 0.05) is 12.1 Å². The molecule has 6 heteroatoms. The topological polar surface area (TPSA) is 84.3 Å². The highest BCUT2D eigenvalue weighted by Gasteiger charge is 2.12. The van der Waals surface area contributed by atoms with E-state index in [1.807, 2.05) is 44.2 Å². The van der Waals surface area contributed by atoms with Crippen LogP contribution in [0.3, 0.4) is 0 Å². The van der Waals surface area contributed by atoms with Gasteiger partial charge in [-0.1, -0.05) is 37.3 Å². The van der Waals surface area contributed by atoms with Gasteiger partial charge in [0.2, 0.25) is 11.8 Å². The van der Waals surface area contributed by atoms with Gasteiger partial charge in [0.1, 0.15) is 0 Å². The Morgan fingerprint density at radius 2 is 2.00 bits per heavy atom. The van der Waals surface area contributed by atoms with E-state index in [0.29, 0.717) is 18.4 Å². The summed E-state index contributed by atoms with van der Waals surface area (Å²) in [6.07, 6.45) is 0.720. The maximum absolute atomic E-state index is 10.7. The van der Waals surface area contributed by atoms with Crippen LogP contribution in [0.4, 0.5) is 5.95 Å². The molecule has 22 heavy (non-hydrogen) atoms. The first-order valence-electron chi connectivity index (χ1n) is 7.10. The third kappa shape index (κ3) is 4.18. The van der Waals surface area contributed by atoms with Gasteiger partial charge in [-0.15, -0.1) is 0 Å². The number of nitrogens with one attached hydrogen (secondary N) is 1. The molecule has 0 fully saturated rings. The molecule has 6 nitrogen and oxygen atoms in total. The van der Waals surface area contributed by atoms with Crippen molar-refractivity contribution >= 4 is 11.9 Å². The summed E-state index contributed by atoms with van der Waals surface area (Å²) in [5, 5.41) is 11.9. The molecule has 0 aliphatic carbocycles. The number of aromatic nitrogens is 2. The molecule has 0 aliphatic rings. The van der Waals surface area contributed by atoms with Gasteiger partial charge in [-0.25, -0.2) is 9.78 Å². The van der Waals surface area contributed by atoms with Crippen LogP contribution in [0.1, 0.15) is 23.7 Å². The van der Waals surface area contributed by atoms with Crippen molar-refractivity contribution in [2.75, 3.05) is 11.9 Å². The van der Waals surface area contributed by atoms with Crippen molar-refractivity contribution < 1.29 is 14.6 Å². The maximum atomic E-state index is 10.7. The second-order valence-electron chi connectivity index (χ2n) is 4.80. The second-order valence-corrected chi connectivity index (χ2v) is 4.80. The van der Waals surface area contributed by atoms with Crippen molar-refractivity contribution in [3.8, 4) is 5.88 Å². The van der Waals surface area contributed by atoms with Crippen LogP contribution in [0.5, 0.6) is 5.88 Å². The molecule has 2 aromatic rings. The van der Waals surface area contributed by atoms with Crippen LogP contribution in [-0.4, -0.2) is 27.7 Å². The van der Waals surface area contributed by atoms with Gasteiger partial charge in [-0.05, 0) is 18.9 Å². The summed E-state index contributed by atoms with van der Waals surface area (Å²) in [6.45, 7) is 3.98. The van der Waals surface area contributed by atoms with E-state index in [9.17, 15) is 4.79 Å². The minimum absolute atomic E-state index is 0.310. The normalized spacial score (nSPS) is 10.3. The molecule has 0 spiro atoms. The number of nitrogens with zero attached hydrogens (tertiary/aromatic N) is 2. The molecule has 0 atom stereocenters. The van der Waals surface area contributed by atoms with Gasteiger partial charge in [0.25, 0.3) is 0 Å². The summed E-state index contributed by atoms with van der Waals surface area (Å²) >= 11 is 0. The molecule has 1 heterocycles. The smallest absolute Gasteiger partial charge is 0.341 e. The average Bonchev–Trinajstić information content (AvgIpc) is 2.53. The summed E-state index contributed by atoms with van der Waals surface area (Å²) in [5.41, 5.74) is 2.72. The van der Waals surface area contributed by atoms with E-state index in [1.54, 1.807) is 0 Å². The Bertz CT molecular complexity index is 645. The van der Waals surface area contributed by atoms with Crippen LogP contribution in [0.2, 0.25) is 0 Å². The molecule has 0 unspecified atom stereocenters. The standard InChI is InChI=1S/C16H19N3O3/c1-3-13-11(2)15(22-10-14(20)21)19-16(18-13)17-9-12-7-5-4-6-8-12/h4-8H,3,9-10H2,1-2H3,(H,20,21)(H,17,18,19). The fraction of sp³-hybridized carbons (Fsp3) is 0.312. The van der Waals surface area contributed by atoms with Crippen molar-refractivity contribution in [3.63, 3.8) is 0 Å². The van der Waals surface area contributed by atoms with Gasteiger partial charge < -0.3 is 15.2 Å². The highest BCUT2D eigenvalue weighted by molar-refractivity contribution is 5.68. The predicted molar refractivity (Wildman–Crippen MR) is 83.0 cm³/mol. The number of hydrogen-bond donors (Lipinski definition) is 2. The lowest BCUT2D eigenvalue weighted by Crippen LogP contribution is -2.14. The monoisotopic (exact) mass is 301 g/mol. The Hall–Kier alpha value is -2.63. The van der Waals surface area contributed by atoms with Crippen LogP contribution in [-0.2, 0) is 17.8 Å². The Morgan fingerprint density at radius 1 is 1.27 bits per heavy atom. The number of carboxylic acids is 1. The Balaban J connectivity index is 2.16. The predicted octanol–water partition coefficient (Wildman–Crippen LogP) is 2.42. The number of benzene rings is 1. The van der Waals surface area contributed by atoms with E-state index < -0.39 is 12.6 Å². The van der Waals surface area contributed by atoms with E-state index >= 15 is 0 Å². The number of hydrogen-bond acceptors (Lipinski definition) is 5. The Labute approximate surface area is 129 Å².